The Morgan fingerprint density at radius 2 is 2.14 bits per heavy atom. The fourth-order valence-electron chi connectivity index (χ4n) is 5.24. The summed E-state index contributed by atoms with van der Waals surface area (Å²) in [7, 11) is 2.19. The summed E-state index contributed by atoms with van der Waals surface area (Å²) in [5.74, 6) is 1.19. The van der Waals surface area contributed by atoms with Gasteiger partial charge in [0, 0.05) is 22.9 Å². The van der Waals surface area contributed by atoms with Crippen molar-refractivity contribution >= 4 is 12.4 Å². The van der Waals surface area contributed by atoms with Gasteiger partial charge in [0.1, 0.15) is 12.2 Å². The summed E-state index contributed by atoms with van der Waals surface area (Å²) in [6.07, 6.45) is 5.18. The standard InChI is InChI=1S/C17H19NO3.ClH/c1-18-7-6-17-10-3-5-13(20)16(17)21-15-12(19)4-2-9(14(15)17)8-11(10)18;/h2-5,10-11,13,16,19-20H,6-8H2,1H3;1H/t10?,11-,13+,16+,17+;/m1./s1. The van der Waals surface area contributed by atoms with Gasteiger partial charge in [0.15, 0.2) is 11.5 Å². The number of rotatable bonds is 0. The van der Waals surface area contributed by atoms with E-state index in [1.54, 1.807) is 6.07 Å². The molecule has 2 aliphatic heterocycles. The first-order valence-corrected chi connectivity index (χ1v) is 7.71. The summed E-state index contributed by atoms with van der Waals surface area (Å²) in [4.78, 5) is 2.43. The largest absolute Gasteiger partial charge is 0.504 e. The second-order valence-corrected chi connectivity index (χ2v) is 6.93. The quantitative estimate of drug-likeness (QED) is 0.713. The van der Waals surface area contributed by atoms with Crippen LogP contribution < -0.4 is 4.74 Å². The van der Waals surface area contributed by atoms with Crippen molar-refractivity contribution in [2.75, 3.05) is 13.6 Å². The molecule has 4 nitrogen and oxygen atoms in total. The van der Waals surface area contributed by atoms with Gasteiger partial charge < -0.3 is 19.8 Å². The number of aliphatic hydroxyl groups excluding tert-OH is 1. The number of aliphatic hydroxyl groups is 1. The number of benzene rings is 1. The Balaban J connectivity index is 0.00000125. The van der Waals surface area contributed by atoms with Crippen LogP contribution in [0, 0.1) is 5.92 Å². The molecule has 1 spiro atoms. The number of piperidine rings is 1. The summed E-state index contributed by atoms with van der Waals surface area (Å²) in [6.45, 7) is 1.01. The number of aromatic hydroxyl groups is 1. The zero-order valence-corrected chi connectivity index (χ0v) is 13.2. The van der Waals surface area contributed by atoms with Crippen molar-refractivity contribution in [3.63, 3.8) is 0 Å². The number of hydrogen-bond acceptors (Lipinski definition) is 4. The van der Waals surface area contributed by atoms with Crippen molar-refractivity contribution in [3.8, 4) is 11.5 Å². The van der Waals surface area contributed by atoms with Gasteiger partial charge in [-0.2, -0.15) is 0 Å². The Morgan fingerprint density at radius 1 is 1.32 bits per heavy atom. The summed E-state index contributed by atoms with van der Waals surface area (Å²) in [5, 5.41) is 20.6. The van der Waals surface area contributed by atoms with E-state index < -0.39 is 6.10 Å². The van der Waals surface area contributed by atoms with Gasteiger partial charge in [-0.1, -0.05) is 18.2 Å². The Bertz CT molecular complexity index is 676. The average molecular weight is 322 g/mol. The van der Waals surface area contributed by atoms with Gasteiger partial charge in [-0.05, 0) is 38.1 Å². The van der Waals surface area contributed by atoms with Crippen molar-refractivity contribution in [1.82, 2.24) is 4.90 Å². The third-order valence-corrected chi connectivity index (χ3v) is 6.15. The molecule has 2 aliphatic carbocycles. The first kappa shape index (κ1) is 14.4. The first-order chi connectivity index (χ1) is 10.1. The molecule has 1 unspecified atom stereocenters. The molecule has 2 bridgehead atoms. The topological polar surface area (TPSA) is 52.9 Å². The molecule has 5 heteroatoms. The lowest BCUT2D eigenvalue weighted by Gasteiger charge is -2.56. The van der Waals surface area contributed by atoms with E-state index in [9.17, 15) is 10.2 Å². The molecule has 0 aromatic heterocycles. The predicted octanol–water partition coefficient (Wildman–Crippen LogP) is 1.62. The van der Waals surface area contributed by atoms with Crippen LogP contribution in [0.15, 0.2) is 24.3 Å². The second-order valence-electron chi connectivity index (χ2n) is 6.93. The first-order valence-electron chi connectivity index (χ1n) is 7.71. The van der Waals surface area contributed by atoms with Crippen LogP contribution in [-0.2, 0) is 11.8 Å². The van der Waals surface area contributed by atoms with Crippen LogP contribution in [0.5, 0.6) is 11.5 Å². The minimum Gasteiger partial charge on any atom is -0.504 e. The fourth-order valence-corrected chi connectivity index (χ4v) is 5.24. The highest BCUT2D eigenvalue weighted by Crippen LogP contribution is 2.62. The number of hydrogen-bond donors (Lipinski definition) is 2. The van der Waals surface area contributed by atoms with Gasteiger partial charge in [-0.3, -0.25) is 0 Å². The molecule has 5 rings (SSSR count). The van der Waals surface area contributed by atoms with Crippen LogP contribution in [0.2, 0.25) is 0 Å². The molecule has 1 aromatic rings. The third kappa shape index (κ3) is 1.41. The molecular formula is C17H20ClNO3. The second kappa shape index (κ2) is 4.40. The Morgan fingerprint density at radius 3 is 2.95 bits per heavy atom. The SMILES string of the molecule is CN1CC[C@]23c4c5ccc(O)c4O[C@H]2[C@@H](O)C=CC3[C@H]1C5.Cl. The number of halogens is 1. The normalized spacial score (nSPS) is 40.6. The lowest BCUT2D eigenvalue weighted by atomic mass is 9.53. The average Bonchev–Trinajstić information content (AvgIpc) is 2.83. The predicted molar refractivity (Wildman–Crippen MR) is 84.8 cm³/mol. The van der Waals surface area contributed by atoms with Crippen molar-refractivity contribution < 1.29 is 14.9 Å². The number of nitrogens with zero attached hydrogens (tertiary/aromatic N) is 1. The Kier molecular flexibility index (Phi) is 2.88. The molecule has 0 radical (unpaired) electrons. The number of phenolic OH excluding ortho intramolecular Hbond substituents is 1. The van der Waals surface area contributed by atoms with Gasteiger partial charge in [0.25, 0.3) is 0 Å². The van der Waals surface area contributed by atoms with Gasteiger partial charge in [0.2, 0.25) is 0 Å². The third-order valence-electron chi connectivity index (χ3n) is 6.15. The highest BCUT2D eigenvalue weighted by Gasteiger charge is 2.64. The number of ether oxygens (including phenoxy) is 1. The van der Waals surface area contributed by atoms with Gasteiger partial charge >= 0.3 is 0 Å². The summed E-state index contributed by atoms with van der Waals surface area (Å²) < 4.78 is 6.09. The van der Waals surface area contributed by atoms with E-state index in [2.05, 4.69) is 18.0 Å². The maximum Gasteiger partial charge on any atom is 0.165 e. The highest BCUT2D eigenvalue weighted by molar-refractivity contribution is 5.85. The van der Waals surface area contributed by atoms with Gasteiger partial charge in [-0.15, -0.1) is 12.4 Å². The van der Waals surface area contributed by atoms with Crippen molar-refractivity contribution in [3.05, 3.63) is 35.4 Å². The Labute approximate surface area is 135 Å². The van der Waals surface area contributed by atoms with Crippen LogP contribution >= 0.6 is 12.4 Å². The van der Waals surface area contributed by atoms with E-state index in [1.807, 2.05) is 12.1 Å². The maximum atomic E-state index is 10.4. The smallest absolute Gasteiger partial charge is 0.165 e. The fraction of sp³-hybridized carbons (Fsp3) is 0.529. The lowest BCUT2D eigenvalue weighted by Crippen LogP contribution is -2.64. The van der Waals surface area contributed by atoms with E-state index in [0.29, 0.717) is 17.7 Å². The van der Waals surface area contributed by atoms with Crippen LogP contribution in [0.1, 0.15) is 17.5 Å². The summed E-state index contributed by atoms with van der Waals surface area (Å²) in [5.41, 5.74) is 2.29. The van der Waals surface area contributed by atoms with Crippen LogP contribution in [0.4, 0.5) is 0 Å². The highest BCUT2D eigenvalue weighted by atomic mass is 35.5. The molecule has 2 heterocycles. The molecule has 5 atom stereocenters. The van der Waals surface area contributed by atoms with E-state index in [4.69, 9.17) is 4.74 Å². The van der Waals surface area contributed by atoms with Gasteiger partial charge in [-0.25, -0.2) is 0 Å². The van der Waals surface area contributed by atoms with Crippen molar-refractivity contribution in [2.45, 2.75) is 36.5 Å². The number of likely N-dealkylation sites (N-methyl/N-ethyl adjacent to an activating group) is 1. The maximum absolute atomic E-state index is 10.4. The van der Waals surface area contributed by atoms with Crippen molar-refractivity contribution in [2.24, 2.45) is 5.92 Å². The lowest BCUT2D eigenvalue weighted by molar-refractivity contribution is -0.0453. The monoisotopic (exact) mass is 321 g/mol. The number of likely N-dealkylation sites (tertiary alicyclic amines) is 1. The molecule has 22 heavy (non-hydrogen) atoms. The summed E-state index contributed by atoms with van der Waals surface area (Å²) >= 11 is 0. The zero-order chi connectivity index (χ0) is 14.4. The Hall–Kier alpha value is -1.23. The molecular weight excluding hydrogens is 302 g/mol. The van der Waals surface area contributed by atoms with E-state index >= 15 is 0 Å². The zero-order valence-electron chi connectivity index (χ0n) is 12.4. The van der Waals surface area contributed by atoms with Crippen LogP contribution in [0.25, 0.3) is 0 Å². The van der Waals surface area contributed by atoms with Crippen LogP contribution in [0.3, 0.4) is 0 Å². The molecule has 1 saturated heterocycles. The summed E-state index contributed by atoms with van der Waals surface area (Å²) in [6, 6.07) is 4.23. The number of phenols is 1. The minimum atomic E-state index is -0.594. The van der Waals surface area contributed by atoms with E-state index in [-0.39, 0.29) is 29.7 Å². The van der Waals surface area contributed by atoms with Gasteiger partial charge in [0.05, 0.1) is 0 Å². The molecule has 2 N–H and O–H groups in total. The minimum absolute atomic E-state index is 0. The van der Waals surface area contributed by atoms with Crippen molar-refractivity contribution in [1.29, 1.82) is 0 Å². The van der Waals surface area contributed by atoms with Crippen LogP contribution in [-0.4, -0.2) is 47.0 Å². The van der Waals surface area contributed by atoms with E-state index in [1.165, 1.54) is 11.1 Å². The molecule has 1 fully saturated rings. The molecule has 0 saturated carbocycles. The molecule has 4 aliphatic rings. The van der Waals surface area contributed by atoms with E-state index in [0.717, 1.165) is 19.4 Å². The molecule has 0 amide bonds. The molecule has 1 aromatic carbocycles. The molecule has 118 valence electrons.